The highest BCUT2D eigenvalue weighted by Gasteiger charge is 2.46. The van der Waals surface area contributed by atoms with E-state index in [0.29, 0.717) is 6.54 Å². The van der Waals surface area contributed by atoms with Gasteiger partial charge in [-0.3, -0.25) is 0 Å². The highest BCUT2D eigenvalue weighted by atomic mass is 19.3. The van der Waals surface area contributed by atoms with Gasteiger partial charge in [-0.05, 0) is 18.4 Å². The summed E-state index contributed by atoms with van der Waals surface area (Å²) in [6, 6.07) is 0. The quantitative estimate of drug-likeness (QED) is 0.634. The Balaban J connectivity index is 2.26. The average Bonchev–Trinajstić information content (AvgIpc) is 1.81. The zero-order valence-electron chi connectivity index (χ0n) is 6.11. The van der Waals surface area contributed by atoms with E-state index in [4.69, 9.17) is 5.73 Å². The Labute approximate surface area is 59.6 Å². The maximum atomic E-state index is 12.2. The number of rotatable bonds is 2. The lowest BCUT2D eigenvalue weighted by molar-refractivity contribution is -0.123. The summed E-state index contributed by atoms with van der Waals surface area (Å²) in [5.41, 5.74) is 5.33. The first-order valence-corrected chi connectivity index (χ1v) is 3.63. The largest absolute Gasteiger partial charge is 0.330 e. The molecule has 1 nitrogen and oxygen atoms in total. The molecule has 60 valence electrons. The van der Waals surface area contributed by atoms with Crippen LogP contribution >= 0.6 is 0 Å². The van der Waals surface area contributed by atoms with Gasteiger partial charge in [0.05, 0.1) is 0 Å². The van der Waals surface area contributed by atoms with Gasteiger partial charge in [-0.2, -0.15) is 0 Å². The molecule has 2 N–H and O–H groups in total. The van der Waals surface area contributed by atoms with Gasteiger partial charge >= 0.3 is 0 Å². The van der Waals surface area contributed by atoms with E-state index in [0.717, 1.165) is 0 Å². The summed E-state index contributed by atoms with van der Waals surface area (Å²) < 4.78 is 24.5. The predicted octanol–water partition coefficient (Wildman–Crippen LogP) is 1.63. The summed E-state index contributed by atoms with van der Waals surface area (Å²) in [7, 11) is 0. The van der Waals surface area contributed by atoms with Gasteiger partial charge in [0.25, 0.3) is 0 Å². The third-order valence-electron chi connectivity index (χ3n) is 2.30. The van der Waals surface area contributed by atoms with E-state index in [1.54, 1.807) is 0 Å². The minimum Gasteiger partial charge on any atom is -0.330 e. The Morgan fingerprint density at radius 3 is 2.40 bits per heavy atom. The molecule has 0 radical (unpaired) electrons. The van der Waals surface area contributed by atoms with Crippen molar-refractivity contribution in [2.75, 3.05) is 6.54 Å². The molecule has 0 aromatic heterocycles. The van der Waals surface area contributed by atoms with Crippen LogP contribution in [-0.4, -0.2) is 12.5 Å². The van der Waals surface area contributed by atoms with E-state index in [9.17, 15) is 8.78 Å². The van der Waals surface area contributed by atoms with Crippen molar-refractivity contribution in [3.8, 4) is 0 Å². The highest BCUT2D eigenvalue weighted by molar-refractivity contribution is 4.88. The first-order chi connectivity index (χ1) is 4.55. The first-order valence-electron chi connectivity index (χ1n) is 3.63. The molecular weight excluding hydrogens is 136 g/mol. The second kappa shape index (κ2) is 2.46. The second-order valence-electron chi connectivity index (χ2n) is 3.24. The van der Waals surface area contributed by atoms with Crippen molar-refractivity contribution < 1.29 is 8.78 Å². The molecule has 0 aromatic carbocycles. The molecule has 1 aliphatic rings. The summed E-state index contributed by atoms with van der Waals surface area (Å²) in [6.45, 7) is 2.46. The molecule has 0 spiro atoms. The van der Waals surface area contributed by atoms with Crippen molar-refractivity contribution >= 4 is 0 Å². The molecule has 0 amide bonds. The Hall–Kier alpha value is -0.180. The number of hydrogen-bond donors (Lipinski definition) is 1. The van der Waals surface area contributed by atoms with Crippen LogP contribution in [0.15, 0.2) is 0 Å². The van der Waals surface area contributed by atoms with Gasteiger partial charge in [-0.25, -0.2) is 8.78 Å². The van der Waals surface area contributed by atoms with E-state index < -0.39 is 5.92 Å². The summed E-state index contributed by atoms with van der Waals surface area (Å²) in [6.07, 6.45) is 0.0940. The van der Waals surface area contributed by atoms with Gasteiger partial charge in [0.2, 0.25) is 5.92 Å². The van der Waals surface area contributed by atoms with Crippen molar-refractivity contribution in [1.29, 1.82) is 0 Å². The van der Waals surface area contributed by atoms with Crippen LogP contribution in [-0.2, 0) is 0 Å². The summed E-state index contributed by atoms with van der Waals surface area (Å²) >= 11 is 0. The monoisotopic (exact) mass is 149 g/mol. The van der Waals surface area contributed by atoms with Gasteiger partial charge in [0.15, 0.2) is 0 Å². The molecular formula is C7H13F2N. The minimum absolute atomic E-state index is 0.0470. The normalized spacial score (nSPS) is 27.6. The molecule has 3 heteroatoms. The van der Waals surface area contributed by atoms with Crippen molar-refractivity contribution in [3.05, 3.63) is 0 Å². The lowest BCUT2D eigenvalue weighted by Gasteiger charge is -2.38. The fraction of sp³-hybridized carbons (Fsp3) is 1.00. The predicted molar refractivity (Wildman–Crippen MR) is 35.9 cm³/mol. The zero-order valence-corrected chi connectivity index (χ0v) is 6.11. The third kappa shape index (κ3) is 1.45. The van der Waals surface area contributed by atoms with Crippen LogP contribution in [0.25, 0.3) is 0 Å². The van der Waals surface area contributed by atoms with Crippen LogP contribution in [0.1, 0.15) is 19.8 Å². The Kier molecular flexibility index (Phi) is 1.95. The van der Waals surface area contributed by atoms with Crippen LogP contribution in [0.2, 0.25) is 0 Å². The maximum absolute atomic E-state index is 12.2. The van der Waals surface area contributed by atoms with Crippen LogP contribution in [0.3, 0.4) is 0 Å². The van der Waals surface area contributed by atoms with Crippen molar-refractivity contribution in [2.45, 2.75) is 25.7 Å². The van der Waals surface area contributed by atoms with E-state index in [1.807, 2.05) is 6.92 Å². The molecule has 10 heavy (non-hydrogen) atoms. The Morgan fingerprint density at radius 2 is 2.10 bits per heavy atom. The van der Waals surface area contributed by atoms with Crippen molar-refractivity contribution in [2.24, 2.45) is 17.6 Å². The summed E-state index contributed by atoms with van der Waals surface area (Å²) in [5, 5.41) is 0. The first kappa shape index (κ1) is 7.92. The Morgan fingerprint density at radius 1 is 1.60 bits per heavy atom. The lowest BCUT2D eigenvalue weighted by atomic mass is 9.74. The van der Waals surface area contributed by atoms with Crippen LogP contribution in [0.5, 0.6) is 0 Å². The molecule has 0 aliphatic heterocycles. The zero-order chi connectivity index (χ0) is 7.78. The smallest absolute Gasteiger partial charge is 0.248 e. The molecule has 1 saturated carbocycles. The molecule has 1 fully saturated rings. The highest BCUT2D eigenvalue weighted by Crippen LogP contribution is 2.45. The topological polar surface area (TPSA) is 26.0 Å². The fourth-order valence-electron chi connectivity index (χ4n) is 1.30. The molecule has 1 atom stereocenters. The van der Waals surface area contributed by atoms with E-state index >= 15 is 0 Å². The third-order valence-corrected chi connectivity index (χ3v) is 2.30. The number of alkyl halides is 2. The standard InChI is InChI=1S/C7H13F2N/c1-5(4-10)6-2-7(8,9)3-6/h5-6H,2-4,10H2,1H3/t5-/m1/s1. The van der Waals surface area contributed by atoms with Crippen molar-refractivity contribution in [1.82, 2.24) is 0 Å². The molecule has 0 unspecified atom stereocenters. The number of halogens is 2. The molecule has 1 rings (SSSR count). The van der Waals surface area contributed by atoms with E-state index in [2.05, 4.69) is 0 Å². The fourth-order valence-corrected chi connectivity index (χ4v) is 1.30. The van der Waals surface area contributed by atoms with Gasteiger partial charge in [-0.1, -0.05) is 6.92 Å². The maximum Gasteiger partial charge on any atom is 0.248 e. The molecule has 0 saturated heterocycles. The van der Waals surface area contributed by atoms with Crippen LogP contribution in [0, 0.1) is 11.8 Å². The van der Waals surface area contributed by atoms with Crippen LogP contribution in [0.4, 0.5) is 8.78 Å². The molecule has 0 bridgehead atoms. The number of nitrogens with two attached hydrogens (primary N) is 1. The summed E-state index contributed by atoms with van der Waals surface area (Å²) in [5.74, 6) is -1.95. The van der Waals surface area contributed by atoms with E-state index in [1.165, 1.54) is 0 Å². The van der Waals surface area contributed by atoms with Gasteiger partial charge < -0.3 is 5.73 Å². The van der Waals surface area contributed by atoms with Crippen LogP contribution < -0.4 is 5.73 Å². The lowest BCUT2D eigenvalue weighted by Crippen LogP contribution is -2.40. The van der Waals surface area contributed by atoms with Gasteiger partial charge in [-0.15, -0.1) is 0 Å². The van der Waals surface area contributed by atoms with Gasteiger partial charge in [0, 0.05) is 12.8 Å². The molecule has 0 aromatic rings. The van der Waals surface area contributed by atoms with Crippen molar-refractivity contribution in [3.63, 3.8) is 0 Å². The summed E-state index contributed by atoms with van der Waals surface area (Å²) in [4.78, 5) is 0. The molecule has 1 aliphatic carbocycles. The minimum atomic E-state index is -2.38. The van der Waals surface area contributed by atoms with Gasteiger partial charge in [0.1, 0.15) is 0 Å². The Bertz CT molecular complexity index is 117. The molecule has 0 heterocycles. The average molecular weight is 149 g/mol. The van der Waals surface area contributed by atoms with E-state index in [-0.39, 0.29) is 24.7 Å². The second-order valence-corrected chi connectivity index (χ2v) is 3.24. The number of hydrogen-bond acceptors (Lipinski definition) is 1. The SMILES string of the molecule is C[C@H](CN)C1CC(F)(F)C1.